The Bertz CT molecular complexity index is 50.5. The predicted molar refractivity (Wildman–Crippen MR) is 35.1 cm³/mol. The zero-order valence-corrected chi connectivity index (χ0v) is 8.52. The van der Waals surface area contributed by atoms with Gasteiger partial charge in [0.1, 0.15) is 0 Å². The zero-order chi connectivity index (χ0) is 4.99. The van der Waals surface area contributed by atoms with Gasteiger partial charge in [-0.25, -0.2) is 19.1 Å². The molecular weight excluding hydrogens is 176 g/mol. The molecule has 0 radical (unpaired) electrons. The van der Waals surface area contributed by atoms with Crippen LogP contribution < -0.4 is 17.0 Å². The maximum Gasteiger partial charge on any atom is 2.00 e. The Balaban J connectivity index is -0.000000125. The summed E-state index contributed by atoms with van der Waals surface area (Å²) in [6.07, 6.45) is 3.88. The van der Waals surface area contributed by atoms with Crippen molar-refractivity contribution in [2.24, 2.45) is 5.92 Å². The summed E-state index contributed by atoms with van der Waals surface area (Å²) in [6.45, 7) is 7.80. The standard InChI is InChI=1S/C6H11.BrH.Mg/c1-4-5-6(2)3;;/h4-6H,1H2,2-3H3;1H;/q-1;;+2/p-1. The van der Waals surface area contributed by atoms with Crippen molar-refractivity contribution in [3.05, 3.63) is 19.1 Å². The van der Waals surface area contributed by atoms with Crippen molar-refractivity contribution < 1.29 is 17.0 Å². The Morgan fingerprint density at radius 2 is 1.75 bits per heavy atom. The van der Waals surface area contributed by atoms with Gasteiger partial charge in [-0.3, -0.25) is 0 Å². The summed E-state index contributed by atoms with van der Waals surface area (Å²) in [5, 5.41) is 0. The largest absolute Gasteiger partial charge is 2.00 e. The van der Waals surface area contributed by atoms with Crippen LogP contribution in [0, 0.1) is 12.8 Å². The van der Waals surface area contributed by atoms with Gasteiger partial charge in [0, 0.05) is 0 Å². The van der Waals surface area contributed by atoms with E-state index in [1.807, 2.05) is 6.08 Å². The van der Waals surface area contributed by atoms with Crippen molar-refractivity contribution in [3.63, 3.8) is 0 Å². The second kappa shape index (κ2) is 10.8. The molecule has 2 heteroatoms. The van der Waals surface area contributed by atoms with E-state index in [-0.39, 0.29) is 40.0 Å². The van der Waals surface area contributed by atoms with E-state index in [1.165, 1.54) is 0 Å². The average Bonchev–Trinajstić information content (AvgIpc) is 1.35. The third kappa shape index (κ3) is 15.8. The molecule has 0 unspecified atom stereocenters. The van der Waals surface area contributed by atoms with Crippen LogP contribution in [0.5, 0.6) is 0 Å². The van der Waals surface area contributed by atoms with Crippen LogP contribution in [0.15, 0.2) is 12.2 Å². The van der Waals surface area contributed by atoms with E-state index in [0.717, 1.165) is 0 Å². The van der Waals surface area contributed by atoms with Gasteiger partial charge in [0.15, 0.2) is 0 Å². The van der Waals surface area contributed by atoms with Crippen LogP contribution in [0.2, 0.25) is 0 Å². The Labute approximate surface area is 78.7 Å². The van der Waals surface area contributed by atoms with Gasteiger partial charge in [-0.15, -0.1) is 0 Å². The minimum atomic E-state index is 0. The predicted octanol–water partition coefficient (Wildman–Crippen LogP) is -1.34. The topological polar surface area (TPSA) is 0 Å². The van der Waals surface area contributed by atoms with Crippen LogP contribution in [0.1, 0.15) is 13.8 Å². The van der Waals surface area contributed by atoms with Crippen LogP contribution in [-0.2, 0) is 0 Å². The molecule has 0 aliphatic rings. The Morgan fingerprint density at radius 3 is 1.75 bits per heavy atom. The third-order valence-corrected chi connectivity index (χ3v) is 0.521. The van der Waals surface area contributed by atoms with E-state index in [0.29, 0.717) is 5.92 Å². The zero-order valence-electron chi connectivity index (χ0n) is 5.52. The van der Waals surface area contributed by atoms with E-state index >= 15 is 0 Å². The molecule has 0 aromatic heterocycles. The molecule has 0 saturated carbocycles. The minimum Gasteiger partial charge on any atom is -1.00 e. The van der Waals surface area contributed by atoms with Crippen molar-refractivity contribution in [2.75, 3.05) is 0 Å². The Kier molecular flexibility index (Phi) is 21.5. The van der Waals surface area contributed by atoms with Crippen LogP contribution >= 0.6 is 0 Å². The van der Waals surface area contributed by atoms with Gasteiger partial charge in [-0.2, -0.15) is 0 Å². The molecule has 0 aromatic carbocycles. The smallest absolute Gasteiger partial charge is 1.00 e. The molecule has 0 atom stereocenters. The van der Waals surface area contributed by atoms with Crippen molar-refractivity contribution in [2.45, 2.75) is 13.8 Å². The van der Waals surface area contributed by atoms with Gasteiger partial charge in [-0.05, 0) is 0 Å². The fraction of sp³-hybridized carbons (Fsp3) is 0.500. The van der Waals surface area contributed by atoms with Gasteiger partial charge in [0.05, 0.1) is 0 Å². The molecule has 0 heterocycles. The maximum absolute atomic E-state index is 3.55. The van der Waals surface area contributed by atoms with Gasteiger partial charge in [0.2, 0.25) is 0 Å². The molecule has 0 bridgehead atoms. The number of rotatable bonds is 1. The van der Waals surface area contributed by atoms with Crippen LogP contribution in [0.3, 0.4) is 0 Å². The quantitative estimate of drug-likeness (QED) is 0.352. The maximum atomic E-state index is 3.55. The normalized spacial score (nSPS) is 8.38. The molecule has 0 saturated heterocycles. The fourth-order valence-electron chi connectivity index (χ4n) is 0.272. The van der Waals surface area contributed by atoms with E-state index in [9.17, 15) is 0 Å². The van der Waals surface area contributed by atoms with Crippen LogP contribution in [0.25, 0.3) is 0 Å². The fourth-order valence-corrected chi connectivity index (χ4v) is 0.272. The first-order valence-electron chi connectivity index (χ1n) is 2.23. The minimum absolute atomic E-state index is 0. The van der Waals surface area contributed by atoms with E-state index < -0.39 is 0 Å². The summed E-state index contributed by atoms with van der Waals surface area (Å²) < 4.78 is 0. The number of allylic oxidation sites excluding steroid dienone is 2. The SMILES string of the molecule is [Br-].[CH2-]C=CC(C)C.[Mg+2]. The van der Waals surface area contributed by atoms with Gasteiger partial charge in [-0.1, -0.05) is 19.8 Å². The molecule has 0 aliphatic carbocycles. The molecule has 0 fully saturated rings. The van der Waals surface area contributed by atoms with E-state index in [1.54, 1.807) is 0 Å². The first-order chi connectivity index (χ1) is 2.77. The first-order valence-corrected chi connectivity index (χ1v) is 2.23. The van der Waals surface area contributed by atoms with Crippen molar-refractivity contribution >= 4 is 23.1 Å². The van der Waals surface area contributed by atoms with Crippen LogP contribution in [-0.4, -0.2) is 23.1 Å². The number of hydrogen-bond donors (Lipinski definition) is 0. The molecule has 0 aliphatic heterocycles. The molecule has 0 spiro atoms. The molecule has 0 amide bonds. The van der Waals surface area contributed by atoms with E-state index in [2.05, 4.69) is 26.8 Å². The average molecular weight is 187 g/mol. The summed E-state index contributed by atoms with van der Waals surface area (Å²) >= 11 is 0. The second-order valence-electron chi connectivity index (χ2n) is 1.67. The van der Waals surface area contributed by atoms with Gasteiger partial charge < -0.3 is 17.0 Å². The first kappa shape index (κ1) is 15.9. The molecule has 0 N–H and O–H groups in total. The second-order valence-corrected chi connectivity index (χ2v) is 1.67. The van der Waals surface area contributed by atoms with Gasteiger partial charge >= 0.3 is 23.1 Å². The third-order valence-electron chi connectivity index (χ3n) is 0.521. The molecular formula is C6H11BrMg. The van der Waals surface area contributed by atoms with Crippen LogP contribution in [0.4, 0.5) is 0 Å². The number of halogens is 1. The molecule has 0 nitrogen and oxygen atoms in total. The summed E-state index contributed by atoms with van der Waals surface area (Å²) in [6, 6.07) is 0. The summed E-state index contributed by atoms with van der Waals surface area (Å²) in [4.78, 5) is 0. The van der Waals surface area contributed by atoms with Crippen molar-refractivity contribution in [1.82, 2.24) is 0 Å². The van der Waals surface area contributed by atoms with Crippen molar-refractivity contribution in [3.8, 4) is 0 Å². The van der Waals surface area contributed by atoms with E-state index in [4.69, 9.17) is 0 Å². The van der Waals surface area contributed by atoms with Crippen molar-refractivity contribution in [1.29, 1.82) is 0 Å². The summed E-state index contributed by atoms with van der Waals surface area (Å²) in [7, 11) is 0. The summed E-state index contributed by atoms with van der Waals surface area (Å²) in [5.41, 5.74) is 0. The monoisotopic (exact) mass is 186 g/mol. The Hall–Kier alpha value is 0.856. The van der Waals surface area contributed by atoms with Gasteiger partial charge in [0.25, 0.3) is 0 Å². The molecule has 44 valence electrons. The molecule has 0 aromatic rings. The summed E-state index contributed by atoms with van der Waals surface area (Å²) in [5.74, 6) is 0.655. The molecule has 0 rings (SSSR count). The number of hydrogen-bond acceptors (Lipinski definition) is 0. The Morgan fingerprint density at radius 1 is 1.38 bits per heavy atom. The molecule has 8 heavy (non-hydrogen) atoms.